The Kier molecular flexibility index (Phi) is 6.06. The first kappa shape index (κ1) is 24.2. The van der Waals surface area contributed by atoms with Crippen LogP contribution in [0.5, 0.6) is 0 Å². The third kappa shape index (κ3) is 3.42. The van der Waals surface area contributed by atoms with Gasteiger partial charge in [-0.25, -0.2) is 0 Å². The summed E-state index contributed by atoms with van der Waals surface area (Å²) >= 11 is 0. The molecule has 9 atom stereocenters. The molecule has 0 aromatic carbocycles. The van der Waals surface area contributed by atoms with E-state index in [1.807, 2.05) is 0 Å². The van der Waals surface area contributed by atoms with Crippen LogP contribution in [-0.2, 0) is 0 Å². The Labute approximate surface area is 206 Å². The minimum Gasteiger partial charge on any atom is -0.0874 e. The summed E-state index contributed by atoms with van der Waals surface area (Å²) < 4.78 is 0. The van der Waals surface area contributed by atoms with Gasteiger partial charge < -0.3 is 0 Å². The SMILES string of the molecule is C/C=C\C(=C/C)CC12CCCC1C1CCC3C(C)(CCC4C(C)(C)C(C)CCC43C)C1CC2. The molecule has 0 radical (unpaired) electrons. The second-order valence-electron chi connectivity index (χ2n) is 14.7. The zero-order chi connectivity index (χ0) is 23.6. The minimum atomic E-state index is 0.522. The van der Waals surface area contributed by atoms with E-state index in [4.69, 9.17) is 0 Å². The molecule has 0 aromatic heterocycles. The van der Waals surface area contributed by atoms with Crippen LogP contribution in [-0.4, -0.2) is 0 Å². The molecule has 0 aliphatic heterocycles. The number of hydrogen-bond acceptors (Lipinski definition) is 0. The van der Waals surface area contributed by atoms with Crippen molar-refractivity contribution < 1.29 is 0 Å². The van der Waals surface area contributed by atoms with E-state index in [1.165, 1.54) is 70.6 Å². The van der Waals surface area contributed by atoms with E-state index in [0.717, 1.165) is 35.5 Å². The highest BCUT2D eigenvalue weighted by molar-refractivity contribution is 5.22. The van der Waals surface area contributed by atoms with Crippen molar-refractivity contribution in [3.8, 4) is 0 Å². The first-order chi connectivity index (χ1) is 15.6. The van der Waals surface area contributed by atoms with E-state index >= 15 is 0 Å². The zero-order valence-electron chi connectivity index (χ0n) is 23.2. The molecule has 33 heavy (non-hydrogen) atoms. The Hall–Kier alpha value is -0.520. The Balaban J connectivity index is 1.43. The Morgan fingerprint density at radius 3 is 2.24 bits per heavy atom. The molecule has 0 heterocycles. The molecule has 5 rings (SSSR count). The standard InChI is InChI=1S/C33H54/c1-8-11-24(9-2)22-33-18-10-12-27(33)25-13-14-29-31(6,26(25)16-21-33)20-17-28-30(4,5)23(3)15-19-32(28,29)7/h8-9,11,23,25-29H,10,12-22H2,1-7H3/b11-8-,24-9+. The van der Waals surface area contributed by atoms with Crippen molar-refractivity contribution >= 4 is 0 Å². The van der Waals surface area contributed by atoms with E-state index in [0.29, 0.717) is 21.7 Å². The maximum absolute atomic E-state index is 2.81. The lowest BCUT2D eigenvalue weighted by atomic mass is 9.35. The van der Waals surface area contributed by atoms with Gasteiger partial charge in [-0.05, 0) is 142 Å². The number of rotatable bonds is 3. The van der Waals surface area contributed by atoms with Crippen LogP contribution in [0.25, 0.3) is 0 Å². The lowest BCUT2D eigenvalue weighted by Gasteiger charge is -2.69. The fourth-order valence-electron chi connectivity index (χ4n) is 11.7. The normalized spacial score (nSPS) is 51.5. The average molecular weight is 451 g/mol. The van der Waals surface area contributed by atoms with E-state index in [-0.39, 0.29) is 0 Å². The van der Waals surface area contributed by atoms with Gasteiger partial charge in [0, 0.05) is 0 Å². The molecule has 0 bridgehead atoms. The highest BCUT2D eigenvalue weighted by Gasteiger charge is 2.65. The van der Waals surface area contributed by atoms with Gasteiger partial charge in [-0.3, -0.25) is 0 Å². The smallest absolute Gasteiger partial charge is 0.0223 e. The lowest BCUT2D eigenvalue weighted by molar-refractivity contribution is -0.204. The van der Waals surface area contributed by atoms with Gasteiger partial charge in [0.25, 0.3) is 0 Å². The van der Waals surface area contributed by atoms with E-state index < -0.39 is 0 Å². The summed E-state index contributed by atoms with van der Waals surface area (Å²) in [7, 11) is 0. The van der Waals surface area contributed by atoms with E-state index in [1.54, 1.807) is 12.0 Å². The summed E-state index contributed by atoms with van der Waals surface area (Å²) in [5, 5.41) is 0. The Bertz CT molecular complexity index is 799. The molecule has 0 amide bonds. The summed E-state index contributed by atoms with van der Waals surface area (Å²) in [6.07, 6.45) is 25.1. The first-order valence-electron chi connectivity index (χ1n) is 14.9. The highest BCUT2D eigenvalue weighted by Crippen LogP contribution is 2.73. The lowest BCUT2D eigenvalue weighted by Crippen LogP contribution is -2.62. The monoisotopic (exact) mass is 450 g/mol. The van der Waals surface area contributed by atoms with Gasteiger partial charge in [0.15, 0.2) is 0 Å². The fourth-order valence-corrected chi connectivity index (χ4v) is 11.7. The van der Waals surface area contributed by atoms with Gasteiger partial charge in [-0.2, -0.15) is 0 Å². The van der Waals surface area contributed by atoms with Crippen LogP contribution < -0.4 is 0 Å². The predicted molar refractivity (Wildman–Crippen MR) is 143 cm³/mol. The second kappa shape index (κ2) is 8.27. The number of allylic oxidation sites excluding steroid dienone is 4. The molecule has 0 heteroatoms. The molecule has 5 saturated carbocycles. The van der Waals surface area contributed by atoms with Crippen molar-refractivity contribution in [3.05, 3.63) is 23.8 Å². The van der Waals surface area contributed by atoms with Crippen molar-refractivity contribution in [2.24, 2.45) is 57.2 Å². The quantitative estimate of drug-likeness (QED) is 0.375. The number of hydrogen-bond donors (Lipinski definition) is 0. The van der Waals surface area contributed by atoms with Gasteiger partial charge in [0.05, 0.1) is 0 Å². The first-order valence-corrected chi connectivity index (χ1v) is 14.9. The van der Waals surface area contributed by atoms with Crippen molar-refractivity contribution in [1.29, 1.82) is 0 Å². The van der Waals surface area contributed by atoms with Crippen LogP contribution in [0.15, 0.2) is 23.8 Å². The zero-order valence-corrected chi connectivity index (χ0v) is 23.2. The van der Waals surface area contributed by atoms with Gasteiger partial charge in [-0.1, -0.05) is 64.8 Å². The summed E-state index contributed by atoms with van der Waals surface area (Å²) in [6.45, 7) is 17.8. The molecule has 0 spiro atoms. The number of fused-ring (bicyclic) bond motifs is 7. The Morgan fingerprint density at radius 1 is 0.758 bits per heavy atom. The van der Waals surface area contributed by atoms with Crippen LogP contribution in [0.1, 0.15) is 126 Å². The van der Waals surface area contributed by atoms with Crippen LogP contribution in [0.3, 0.4) is 0 Å². The van der Waals surface area contributed by atoms with E-state index in [2.05, 4.69) is 66.7 Å². The van der Waals surface area contributed by atoms with Gasteiger partial charge in [-0.15, -0.1) is 0 Å². The van der Waals surface area contributed by atoms with Crippen LogP contribution in [0.4, 0.5) is 0 Å². The minimum absolute atomic E-state index is 0.522. The summed E-state index contributed by atoms with van der Waals surface area (Å²) in [6, 6.07) is 0. The molecule has 9 unspecified atom stereocenters. The van der Waals surface area contributed by atoms with Gasteiger partial charge >= 0.3 is 0 Å². The summed E-state index contributed by atoms with van der Waals surface area (Å²) in [5.74, 6) is 5.83. The molecule has 0 nitrogen and oxygen atoms in total. The third-order valence-electron chi connectivity index (χ3n) is 13.6. The average Bonchev–Trinajstić information content (AvgIpc) is 3.20. The van der Waals surface area contributed by atoms with Crippen molar-refractivity contribution in [2.75, 3.05) is 0 Å². The molecule has 5 aliphatic carbocycles. The molecule has 5 aliphatic rings. The van der Waals surface area contributed by atoms with Gasteiger partial charge in [0.1, 0.15) is 0 Å². The molecular formula is C33H54. The molecule has 0 N–H and O–H groups in total. The summed E-state index contributed by atoms with van der Waals surface area (Å²) in [5.41, 5.74) is 3.94. The van der Waals surface area contributed by atoms with Crippen LogP contribution in [0.2, 0.25) is 0 Å². The topological polar surface area (TPSA) is 0 Å². The van der Waals surface area contributed by atoms with Crippen LogP contribution in [0, 0.1) is 57.2 Å². The molecule has 0 saturated heterocycles. The van der Waals surface area contributed by atoms with Crippen molar-refractivity contribution in [3.63, 3.8) is 0 Å². The fraction of sp³-hybridized carbons (Fsp3) is 0.879. The van der Waals surface area contributed by atoms with Crippen molar-refractivity contribution in [2.45, 2.75) is 126 Å². The molecule has 0 aromatic rings. The van der Waals surface area contributed by atoms with E-state index in [9.17, 15) is 0 Å². The third-order valence-corrected chi connectivity index (χ3v) is 13.6. The summed E-state index contributed by atoms with van der Waals surface area (Å²) in [4.78, 5) is 0. The molecular weight excluding hydrogens is 396 g/mol. The predicted octanol–water partition coefficient (Wildman–Crippen LogP) is 10.0. The molecule has 5 fully saturated rings. The van der Waals surface area contributed by atoms with Crippen LogP contribution >= 0.6 is 0 Å². The maximum atomic E-state index is 2.81. The van der Waals surface area contributed by atoms with Gasteiger partial charge in [0.2, 0.25) is 0 Å². The Morgan fingerprint density at radius 2 is 1.52 bits per heavy atom. The van der Waals surface area contributed by atoms with Crippen molar-refractivity contribution in [1.82, 2.24) is 0 Å². The molecule has 186 valence electrons. The second-order valence-corrected chi connectivity index (χ2v) is 14.7. The largest absolute Gasteiger partial charge is 0.0874 e. The highest BCUT2D eigenvalue weighted by atomic mass is 14.7. The maximum Gasteiger partial charge on any atom is -0.0223 e.